The van der Waals surface area contributed by atoms with Crippen LogP contribution in [-0.4, -0.2) is 11.1 Å². The number of aliphatic carboxylic acids is 1. The van der Waals surface area contributed by atoms with Crippen LogP contribution in [0, 0.1) is 0 Å². The molecule has 1 N–H and O–H groups in total. The minimum atomic E-state index is -1.05. The molecule has 0 spiro atoms. The fourth-order valence-corrected chi connectivity index (χ4v) is 0.183. The fraction of sp³-hybridized carbons (Fsp3) is 0. The molecular formula is C5H5NaO3. The normalized spacial score (nSPS) is 9.78. The summed E-state index contributed by atoms with van der Waals surface area (Å²) < 4.78 is 0. The van der Waals surface area contributed by atoms with Crippen molar-refractivity contribution in [2.24, 2.45) is 0 Å². The maximum Gasteiger partial charge on any atom is 1.00 e. The molecule has 0 rings (SSSR count). The summed E-state index contributed by atoms with van der Waals surface area (Å²) in [6, 6.07) is 0. The van der Waals surface area contributed by atoms with Crippen molar-refractivity contribution in [2.75, 3.05) is 0 Å². The van der Waals surface area contributed by atoms with E-state index in [2.05, 4.69) is 0 Å². The van der Waals surface area contributed by atoms with Crippen molar-refractivity contribution in [3.63, 3.8) is 0 Å². The Balaban J connectivity index is 0. The monoisotopic (exact) mass is 136 g/mol. The molecule has 0 aliphatic heterocycles. The van der Waals surface area contributed by atoms with E-state index in [-0.39, 0.29) is 29.6 Å². The average Bonchev–Trinajstić information content (AvgIpc) is 1.66. The third-order valence-corrected chi connectivity index (χ3v) is 0.428. The Labute approximate surface area is 75.0 Å². The molecule has 0 saturated heterocycles. The summed E-state index contributed by atoms with van der Waals surface area (Å²) >= 11 is 0. The molecule has 0 fully saturated rings. The largest absolute Gasteiger partial charge is 1.00 e. The van der Waals surface area contributed by atoms with E-state index in [1.807, 2.05) is 0 Å². The van der Waals surface area contributed by atoms with Crippen molar-refractivity contribution in [3.8, 4) is 0 Å². The van der Waals surface area contributed by atoms with Gasteiger partial charge in [0.2, 0.25) is 0 Å². The van der Waals surface area contributed by atoms with E-state index in [4.69, 9.17) is 5.11 Å². The van der Waals surface area contributed by atoms with Gasteiger partial charge in [-0.05, 0) is 0 Å². The van der Waals surface area contributed by atoms with Gasteiger partial charge < -0.3 is 10.2 Å². The van der Waals surface area contributed by atoms with Crippen LogP contribution in [0.25, 0.3) is 0 Å². The molecule has 0 aromatic heterocycles. The van der Waals surface area contributed by atoms with E-state index in [1.165, 1.54) is 0 Å². The summed E-state index contributed by atoms with van der Waals surface area (Å²) in [5.74, 6) is -1.05. The van der Waals surface area contributed by atoms with Gasteiger partial charge in [0, 0.05) is 6.08 Å². The van der Waals surface area contributed by atoms with Crippen LogP contribution in [0.3, 0.4) is 0 Å². The van der Waals surface area contributed by atoms with Crippen molar-refractivity contribution >= 4 is 5.97 Å². The van der Waals surface area contributed by atoms with E-state index >= 15 is 0 Å². The van der Waals surface area contributed by atoms with Crippen LogP contribution in [0.5, 0.6) is 0 Å². The van der Waals surface area contributed by atoms with Gasteiger partial charge in [-0.1, -0.05) is 12.2 Å². The molecule has 0 aliphatic rings. The predicted octanol–water partition coefficient (Wildman–Crippen LogP) is -3.49. The first-order valence-electron chi connectivity index (χ1n) is 1.95. The Morgan fingerprint density at radius 3 is 2.33 bits per heavy atom. The number of hydrogen-bond acceptors (Lipinski definition) is 2. The zero-order valence-corrected chi connectivity index (χ0v) is 7.07. The molecule has 0 radical (unpaired) electrons. The molecule has 0 unspecified atom stereocenters. The van der Waals surface area contributed by atoms with Gasteiger partial charge in [0.05, 0.1) is 0 Å². The Hall–Kier alpha value is -0.250. The Bertz CT molecular complexity index is 128. The summed E-state index contributed by atoms with van der Waals surface area (Å²) in [7, 11) is 0. The molecule has 0 amide bonds. The molecule has 0 heterocycles. The minimum absolute atomic E-state index is 0. The van der Waals surface area contributed by atoms with Crippen LogP contribution in [-0.2, 0) is 4.79 Å². The second-order valence-electron chi connectivity index (χ2n) is 1.03. The van der Waals surface area contributed by atoms with E-state index in [0.717, 1.165) is 18.2 Å². The number of carboxylic acid groups (broad SMARTS) is 1. The Morgan fingerprint density at radius 1 is 1.44 bits per heavy atom. The van der Waals surface area contributed by atoms with Gasteiger partial charge in [0.25, 0.3) is 0 Å². The molecule has 0 bridgehead atoms. The quantitative estimate of drug-likeness (QED) is 0.185. The third kappa shape index (κ3) is 11.4. The first kappa shape index (κ1) is 11.5. The van der Waals surface area contributed by atoms with E-state index in [9.17, 15) is 9.90 Å². The zero-order chi connectivity index (χ0) is 6.41. The standard InChI is InChI=1S/C5H6O3.Na/c6-4-2-1-3-5(7)8;/h1-4,6H,(H,7,8);/q;+1/p-1/b3-1+,4-2+;. The van der Waals surface area contributed by atoms with Gasteiger partial charge in [0.1, 0.15) is 0 Å². The maximum atomic E-state index is 9.65. The number of carbonyl (C=O) groups is 1. The zero-order valence-electron chi connectivity index (χ0n) is 5.07. The molecule has 0 atom stereocenters. The van der Waals surface area contributed by atoms with Crippen molar-refractivity contribution < 1.29 is 44.6 Å². The smallest absolute Gasteiger partial charge is 0.878 e. The molecule has 44 valence electrons. The summed E-state index contributed by atoms with van der Waals surface area (Å²) in [6.07, 6.45) is 3.66. The molecule has 9 heavy (non-hydrogen) atoms. The maximum absolute atomic E-state index is 9.65. The van der Waals surface area contributed by atoms with Crippen LogP contribution in [0.2, 0.25) is 0 Å². The van der Waals surface area contributed by atoms with Crippen LogP contribution in [0.1, 0.15) is 0 Å². The summed E-state index contributed by atoms with van der Waals surface area (Å²) in [6.45, 7) is 0. The van der Waals surface area contributed by atoms with Gasteiger partial charge in [-0.25, -0.2) is 4.79 Å². The fourth-order valence-electron chi connectivity index (χ4n) is 0.183. The topological polar surface area (TPSA) is 60.4 Å². The van der Waals surface area contributed by atoms with Crippen molar-refractivity contribution in [1.29, 1.82) is 0 Å². The van der Waals surface area contributed by atoms with Gasteiger partial charge >= 0.3 is 35.5 Å². The molecule has 4 heteroatoms. The Kier molecular flexibility index (Phi) is 9.93. The minimum Gasteiger partial charge on any atom is -0.878 e. The van der Waals surface area contributed by atoms with Crippen LogP contribution in [0.4, 0.5) is 0 Å². The first-order valence-corrected chi connectivity index (χ1v) is 1.95. The number of carboxylic acids is 1. The summed E-state index contributed by atoms with van der Waals surface area (Å²) in [5, 5.41) is 17.4. The Morgan fingerprint density at radius 2 is 2.00 bits per heavy atom. The average molecular weight is 136 g/mol. The predicted molar refractivity (Wildman–Crippen MR) is 25.9 cm³/mol. The number of hydrogen-bond donors (Lipinski definition) is 1. The molecule has 3 nitrogen and oxygen atoms in total. The number of allylic oxidation sites excluding steroid dienone is 2. The molecule has 0 saturated carbocycles. The molecule has 0 aromatic carbocycles. The van der Waals surface area contributed by atoms with Gasteiger partial charge in [-0.15, -0.1) is 6.26 Å². The molecule has 0 aliphatic carbocycles. The third-order valence-electron chi connectivity index (χ3n) is 0.428. The van der Waals surface area contributed by atoms with Crippen molar-refractivity contribution in [1.82, 2.24) is 0 Å². The van der Waals surface area contributed by atoms with Crippen LogP contribution < -0.4 is 34.7 Å². The van der Waals surface area contributed by atoms with Crippen LogP contribution >= 0.6 is 0 Å². The van der Waals surface area contributed by atoms with Crippen LogP contribution in [0.15, 0.2) is 24.5 Å². The van der Waals surface area contributed by atoms with Gasteiger partial charge in [0.15, 0.2) is 0 Å². The van der Waals surface area contributed by atoms with E-state index < -0.39 is 5.97 Å². The van der Waals surface area contributed by atoms with Gasteiger partial charge in [-0.2, -0.15) is 0 Å². The van der Waals surface area contributed by atoms with Crippen molar-refractivity contribution in [2.45, 2.75) is 0 Å². The summed E-state index contributed by atoms with van der Waals surface area (Å²) in [4.78, 5) is 9.65. The number of rotatable bonds is 2. The second kappa shape index (κ2) is 7.75. The van der Waals surface area contributed by atoms with E-state index in [1.54, 1.807) is 0 Å². The molecular weight excluding hydrogens is 131 g/mol. The second-order valence-corrected chi connectivity index (χ2v) is 1.03. The molecule has 0 aromatic rings. The summed E-state index contributed by atoms with van der Waals surface area (Å²) in [5.41, 5.74) is 0. The first-order chi connectivity index (χ1) is 3.77. The van der Waals surface area contributed by atoms with E-state index in [0.29, 0.717) is 6.26 Å². The van der Waals surface area contributed by atoms with Gasteiger partial charge in [-0.3, -0.25) is 0 Å². The van der Waals surface area contributed by atoms with Crippen molar-refractivity contribution in [3.05, 3.63) is 24.5 Å². The SMILES string of the molecule is O=C(O)/C=C/C=C/[O-].[Na+].